The Morgan fingerprint density at radius 3 is 2.62 bits per heavy atom. The predicted molar refractivity (Wildman–Crippen MR) is 31.9 cm³/mol. The molecule has 8 heavy (non-hydrogen) atoms. The van der Waals surface area contributed by atoms with E-state index < -0.39 is 0 Å². The van der Waals surface area contributed by atoms with Crippen molar-refractivity contribution in [2.24, 2.45) is 0 Å². The van der Waals surface area contributed by atoms with Crippen LogP contribution in [0.25, 0.3) is 0 Å². The molecule has 2 heteroatoms. The molecule has 0 aromatic carbocycles. The lowest BCUT2D eigenvalue weighted by Crippen LogP contribution is -2.38. The van der Waals surface area contributed by atoms with Crippen molar-refractivity contribution in [3.63, 3.8) is 0 Å². The number of hydrogen-bond donors (Lipinski definition) is 0. The summed E-state index contributed by atoms with van der Waals surface area (Å²) < 4.78 is 5.30. The summed E-state index contributed by atoms with van der Waals surface area (Å²) in [7, 11) is 0. The smallest absolute Gasteiger partial charge is 0.0688 e. The first-order valence-electron chi connectivity index (χ1n) is 3.07. The molecule has 47 valence electrons. The maximum absolute atomic E-state index is 5.30. The van der Waals surface area contributed by atoms with Crippen LogP contribution >= 0.6 is 0 Å². The summed E-state index contributed by atoms with van der Waals surface area (Å²) in [6.07, 6.45) is 0.353. The van der Waals surface area contributed by atoms with E-state index in [1.54, 1.807) is 0 Å². The monoisotopic (exact) mass is 114 g/mol. The zero-order chi connectivity index (χ0) is 5.98. The highest BCUT2D eigenvalue weighted by Crippen LogP contribution is 1.99. The van der Waals surface area contributed by atoms with Crippen LogP contribution in [0.1, 0.15) is 13.8 Å². The van der Waals surface area contributed by atoms with Crippen LogP contribution in [-0.4, -0.2) is 25.3 Å². The Morgan fingerprint density at radius 2 is 2.25 bits per heavy atom. The second-order valence-electron chi connectivity index (χ2n) is 2.36. The van der Waals surface area contributed by atoms with E-state index in [1.807, 2.05) is 0 Å². The number of morpholine rings is 1. The molecule has 0 saturated carbocycles. The van der Waals surface area contributed by atoms with E-state index in [0.29, 0.717) is 12.1 Å². The molecule has 1 fully saturated rings. The average molecular weight is 114 g/mol. The normalized spacial score (nSPS) is 39.8. The Bertz CT molecular complexity index is 56.9. The molecule has 2 nitrogen and oxygen atoms in total. The van der Waals surface area contributed by atoms with E-state index in [9.17, 15) is 0 Å². The standard InChI is InChI=1S/C6H12NO/c1-5-4-8-6(2)3-7-5/h5-6H,3-4H2,1-2H3. The van der Waals surface area contributed by atoms with Gasteiger partial charge in [-0.2, -0.15) is 0 Å². The molecule has 0 amide bonds. The predicted octanol–water partition coefficient (Wildman–Crippen LogP) is 0.398. The molecule has 0 aliphatic carbocycles. The quantitative estimate of drug-likeness (QED) is 0.447. The van der Waals surface area contributed by atoms with Crippen molar-refractivity contribution in [2.45, 2.75) is 26.0 Å². The van der Waals surface area contributed by atoms with Gasteiger partial charge in [0.25, 0.3) is 0 Å². The summed E-state index contributed by atoms with van der Waals surface area (Å²) in [5.41, 5.74) is 0. The van der Waals surface area contributed by atoms with Crippen molar-refractivity contribution in [2.75, 3.05) is 13.2 Å². The van der Waals surface area contributed by atoms with Crippen LogP contribution in [0.5, 0.6) is 0 Å². The van der Waals surface area contributed by atoms with Crippen LogP contribution in [0.15, 0.2) is 0 Å². The van der Waals surface area contributed by atoms with Gasteiger partial charge < -0.3 is 4.74 Å². The zero-order valence-electron chi connectivity index (χ0n) is 5.42. The molecule has 2 unspecified atom stereocenters. The molecule has 2 atom stereocenters. The number of hydrogen-bond acceptors (Lipinski definition) is 1. The number of rotatable bonds is 0. The first kappa shape index (κ1) is 6.05. The van der Waals surface area contributed by atoms with E-state index >= 15 is 0 Å². The van der Waals surface area contributed by atoms with Crippen molar-refractivity contribution < 1.29 is 4.74 Å². The van der Waals surface area contributed by atoms with E-state index in [0.717, 1.165) is 13.2 Å². The van der Waals surface area contributed by atoms with Gasteiger partial charge in [0.05, 0.1) is 12.7 Å². The highest BCUT2D eigenvalue weighted by molar-refractivity contribution is 4.67. The molecular weight excluding hydrogens is 102 g/mol. The summed E-state index contributed by atoms with van der Waals surface area (Å²) in [5, 5.41) is 4.29. The molecule has 0 aromatic rings. The number of nitrogens with zero attached hydrogens (tertiary/aromatic N) is 1. The topological polar surface area (TPSA) is 23.3 Å². The highest BCUT2D eigenvalue weighted by atomic mass is 16.5. The molecule has 1 radical (unpaired) electrons. The highest BCUT2D eigenvalue weighted by Gasteiger charge is 2.13. The Balaban J connectivity index is 2.19. The molecular formula is C6H12NO. The Hall–Kier alpha value is -0.0800. The molecule has 0 N–H and O–H groups in total. The van der Waals surface area contributed by atoms with Crippen LogP contribution < -0.4 is 5.32 Å². The van der Waals surface area contributed by atoms with Gasteiger partial charge in [-0.15, -0.1) is 0 Å². The van der Waals surface area contributed by atoms with Gasteiger partial charge in [-0.05, 0) is 13.8 Å². The van der Waals surface area contributed by atoms with Crippen molar-refractivity contribution in [3.05, 3.63) is 0 Å². The van der Waals surface area contributed by atoms with E-state index in [2.05, 4.69) is 19.2 Å². The van der Waals surface area contributed by atoms with Gasteiger partial charge in [0.2, 0.25) is 0 Å². The SMILES string of the molecule is CC1COC(C)C[N]1. The average Bonchev–Trinajstić information content (AvgIpc) is 1.77. The lowest BCUT2D eigenvalue weighted by molar-refractivity contribution is 0.0176. The summed E-state index contributed by atoms with van der Waals surface area (Å²) in [5.74, 6) is 0. The van der Waals surface area contributed by atoms with Crippen molar-refractivity contribution >= 4 is 0 Å². The largest absolute Gasteiger partial charge is 0.375 e. The summed E-state index contributed by atoms with van der Waals surface area (Å²) >= 11 is 0. The molecule has 0 aromatic heterocycles. The Kier molecular flexibility index (Phi) is 1.86. The van der Waals surface area contributed by atoms with E-state index in [-0.39, 0.29) is 0 Å². The minimum Gasteiger partial charge on any atom is -0.375 e. The molecule has 1 saturated heterocycles. The van der Waals surface area contributed by atoms with Crippen molar-refractivity contribution in [3.8, 4) is 0 Å². The van der Waals surface area contributed by atoms with Crippen LogP contribution in [0.2, 0.25) is 0 Å². The van der Waals surface area contributed by atoms with Crippen LogP contribution in [0.3, 0.4) is 0 Å². The first-order chi connectivity index (χ1) is 3.79. The minimum absolute atomic E-state index is 0.353. The second-order valence-corrected chi connectivity index (χ2v) is 2.36. The van der Waals surface area contributed by atoms with Gasteiger partial charge in [-0.25, -0.2) is 5.32 Å². The summed E-state index contributed by atoms with van der Waals surface area (Å²) in [6.45, 7) is 5.81. The maximum atomic E-state index is 5.30. The molecule has 0 bridgehead atoms. The summed E-state index contributed by atoms with van der Waals surface area (Å²) in [6, 6.07) is 0.422. The fraction of sp³-hybridized carbons (Fsp3) is 1.00. The first-order valence-corrected chi connectivity index (χ1v) is 3.07. The molecule has 1 rings (SSSR count). The minimum atomic E-state index is 0.353. The molecule has 1 aliphatic rings. The lowest BCUT2D eigenvalue weighted by Gasteiger charge is -2.23. The lowest BCUT2D eigenvalue weighted by atomic mass is 10.3. The Morgan fingerprint density at radius 1 is 1.50 bits per heavy atom. The molecule has 1 heterocycles. The number of ether oxygens (including phenoxy) is 1. The van der Waals surface area contributed by atoms with Gasteiger partial charge in [-0.1, -0.05) is 0 Å². The van der Waals surface area contributed by atoms with Gasteiger partial charge in [-0.3, -0.25) is 0 Å². The van der Waals surface area contributed by atoms with Crippen molar-refractivity contribution in [1.82, 2.24) is 5.32 Å². The van der Waals surface area contributed by atoms with Gasteiger partial charge >= 0.3 is 0 Å². The van der Waals surface area contributed by atoms with Crippen LogP contribution in [-0.2, 0) is 4.74 Å². The second kappa shape index (κ2) is 2.46. The van der Waals surface area contributed by atoms with E-state index in [4.69, 9.17) is 4.74 Å². The summed E-state index contributed by atoms with van der Waals surface area (Å²) in [4.78, 5) is 0. The third kappa shape index (κ3) is 1.46. The van der Waals surface area contributed by atoms with Gasteiger partial charge in [0.1, 0.15) is 0 Å². The molecule has 1 aliphatic heterocycles. The fourth-order valence-electron chi connectivity index (χ4n) is 0.737. The maximum Gasteiger partial charge on any atom is 0.0688 e. The van der Waals surface area contributed by atoms with Gasteiger partial charge in [0, 0.05) is 12.6 Å². The fourth-order valence-corrected chi connectivity index (χ4v) is 0.737. The van der Waals surface area contributed by atoms with E-state index in [1.165, 1.54) is 0 Å². The zero-order valence-corrected chi connectivity index (χ0v) is 5.42. The third-order valence-electron chi connectivity index (χ3n) is 1.30. The molecule has 0 spiro atoms. The third-order valence-corrected chi connectivity index (χ3v) is 1.30. The van der Waals surface area contributed by atoms with Crippen LogP contribution in [0.4, 0.5) is 0 Å². The van der Waals surface area contributed by atoms with Gasteiger partial charge in [0.15, 0.2) is 0 Å². The Labute approximate surface area is 50.2 Å². The van der Waals surface area contributed by atoms with Crippen LogP contribution in [0, 0.1) is 0 Å². The van der Waals surface area contributed by atoms with Crippen molar-refractivity contribution in [1.29, 1.82) is 0 Å².